The van der Waals surface area contributed by atoms with Gasteiger partial charge >= 0.3 is 0 Å². The molecule has 0 aromatic heterocycles. The average Bonchev–Trinajstić information content (AvgIpc) is 2.60. The molecule has 1 unspecified atom stereocenters. The van der Waals surface area contributed by atoms with Gasteiger partial charge in [-0.25, -0.2) is 8.78 Å². The number of ether oxygens (including phenoxy) is 3. The fraction of sp³-hybridized carbons (Fsp3) is 0.684. The Hall–Kier alpha value is -1.04. The molecule has 1 rings (SSSR count). The Labute approximate surface area is 144 Å². The highest BCUT2D eigenvalue weighted by Crippen LogP contribution is 2.37. The van der Waals surface area contributed by atoms with Crippen LogP contribution in [0.25, 0.3) is 0 Å². The molecule has 0 aliphatic rings. The molecule has 5 heteroatoms. The summed E-state index contributed by atoms with van der Waals surface area (Å²) in [7, 11) is 4.46. The molecule has 0 aliphatic carbocycles. The van der Waals surface area contributed by atoms with E-state index in [1.165, 1.54) is 46.7 Å². The Balaban J connectivity index is 2.88. The zero-order valence-corrected chi connectivity index (χ0v) is 15.2. The maximum atomic E-state index is 13.7. The van der Waals surface area contributed by atoms with Crippen LogP contribution in [0.4, 0.5) is 8.78 Å². The minimum Gasteiger partial charge on any atom is -0.330 e. The second-order valence-electron chi connectivity index (χ2n) is 6.00. The molecule has 1 aromatic carbocycles. The minimum absolute atomic E-state index is 0.348. The monoisotopic (exact) mass is 344 g/mol. The van der Waals surface area contributed by atoms with Gasteiger partial charge < -0.3 is 14.2 Å². The highest BCUT2D eigenvalue weighted by molar-refractivity contribution is 5.23. The number of hydrogen-bond acceptors (Lipinski definition) is 3. The SMILES string of the molecule is CCCCCCCCC(c1ccc(F)c(F)c1)C(OC)(OC)OC. The summed E-state index contributed by atoms with van der Waals surface area (Å²) in [6, 6.07) is 3.89. The summed E-state index contributed by atoms with van der Waals surface area (Å²) in [5.41, 5.74) is 0.605. The van der Waals surface area contributed by atoms with Gasteiger partial charge in [-0.3, -0.25) is 0 Å². The predicted octanol–water partition coefficient (Wildman–Crippen LogP) is 5.39. The highest BCUT2D eigenvalue weighted by Gasteiger charge is 2.41. The molecule has 1 atom stereocenters. The quantitative estimate of drug-likeness (QED) is 0.376. The fourth-order valence-corrected chi connectivity index (χ4v) is 3.08. The standard InChI is InChI=1S/C19H30F2O3/c1-5-6-7-8-9-10-11-16(19(22-2,23-3)24-4)15-12-13-17(20)18(21)14-15/h12-14,16H,5-11H2,1-4H3. The van der Waals surface area contributed by atoms with Crippen LogP contribution in [0.3, 0.4) is 0 Å². The van der Waals surface area contributed by atoms with Gasteiger partial charge in [0.15, 0.2) is 11.6 Å². The van der Waals surface area contributed by atoms with Crippen molar-refractivity contribution < 1.29 is 23.0 Å². The van der Waals surface area contributed by atoms with Gasteiger partial charge in [0.1, 0.15) is 0 Å². The summed E-state index contributed by atoms with van der Waals surface area (Å²) in [6.07, 6.45) is 7.54. The molecule has 0 spiro atoms. The molecule has 0 N–H and O–H groups in total. The van der Waals surface area contributed by atoms with Crippen LogP contribution >= 0.6 is 0 Å². The summed E-state index contributed by atoms with van der Waals surface area (Å²) in [4.78, 5) is 0. The van der Waals surface area contributed by atoms with Crippen molar-refractivity contribution in [1.82, 2.24) is 0 Å². The average molecular weight is 344 g/mol. The van der Waals surface area contributed by atoms with Crippen LogP contribution in [-0.2, 0) is 14.2 Å². The van der Waals surface area contributed by atoms with Crippen molar-refractivity contribution in [3.8, 4) is 0 Å². The van der Waals surface area contributed by atoms with Gasteiger partial charge in [-0.2, -0.15) is 0 Å². The van der Waals surface area contributed by atoms with Crippen molar-refractivity contribution in [3.63, 3.8) is 0 Å². The van der Waals surface area contributed by atoms with Gasteiger partial charge in [0, 0.05) is 21.3 Å². The maximum absolute atomic E-state index is 13.7. The maximum Gasteiger partial charge on any atom is 0.289 e. The van der Waals surface area contributed by atoms with E-state index in [9.17, 15) is 8.78 Å². The van der Waals surface area contributed by atoms with Crippen LogP contribution < -0.4 is 0 Å². The van der Waals surface area contributed by atoms with Crippen molar-refractivity contribution >= 4 is 0 Å². The van der Waals surface area contributed by atoms with E-state index >= 15 is 0 Å². The van der Waals surface area contributed by atoms with E-state index in [1.807, 2.05) is 0 Å². The van der Waals surface area contributed by atoms with Crippen molar-refractivity contribution in [2.45, 2.75) is 63.8 Å². The molecule has 0 saturated heterocycles. The normalized spacial score (nSPS) is 13.2. The first kappa shape index (κ1) is 21.0. The van der Waals surface area contributed by atoms with Crippen LogP contribution in [0.15, 0.2) is 18.2 Å². The van der Waals surface area contributed by atoms with Gasteiger partial charge in [-0.1, -0.05) is 51.5 Å². The largest absolute Gasteiger partial charge is 0.330 e. The molecule has 3 nitrogen and oxygen atoms in total. The summed E-state index contributed by atoms with van der Waals surface area (Å²) in [6.45, 7) is 2.18. The van der Waals surface area contributed by atoms with Crippen LogP contribution in [-0.4, -0.2) is 27.3 Å². The van der Waals surface area contributed by atoms with E-state index in [0.717, 1.165) is 25.3 Å². The lowest BCUT2D eigenvalue weighted by Gasteiger charge is -2.36. The molecular formula is C19H30F2O3. The predicted molar refractivity (Wildman–Crippen MR) is 90.9 cm³/mol. The first-order chi connectivity index (χ1) is 11.5. The van der Waals surface area contributed by atoms with Crippen LogP contribution in [0.1, 0.15) is 63.4 Å². The van der Waals surface area contributed by atoms with Crippen LogP contribution in [0, 0.1) is 11.6 Å². The lowest BCUT2D eigenvalue weighted by Crippen LogP contribution is -2.42. The third-order valence-electron chi connectivity index (χ3n) is 4.47. The second kappa shape index (κ2) is 10.7. The molecule has 0 saturated carbocycles. The first-order valence-electron chi connectivity index (χ1n) is 8.65. The van der Waals surface area contributed by atoms with Gasteiger partial charge in [-0.15, -0.1) is 0 Å². The van der Waals surface area contributed by atoms with E-state index in [4.69, 9.17) is 14.2 Å². The third-order valence-corrected chi connectivity index (χ3v) is 4.47. The molecule has 0 aliphatic heterocycles. The lowest BCUT2D eigenvalue weighted by atomic mass is 9.90. The van der Waals surface area contributed by atoms with Crippen molar-refractivity contribution in [2.75, 3.05) is 21.3 Å². The number of unbranched alkanes of at least 4 members (excludes halogenated alkanes) is 5. The van der Waals surface area contributed by atoms with E-state index < -0.39 is 17.6 Å². The molecule has 0 amide bonds. The second-order valence-corrected chi connectivity index (χ2v) is 6.00. The van der Waals surface area contributed by atoms with E-state index in [0.29, 0.717) is 12.0 Å². The topological polar surface area (TPSA) is 27.7 Å². The Morgan fingerprint density at radius 1 is 0.875 bits per heavy atom. The molecule has 1 aromatic rings. The zero-order chi connectivity index (χ0) is 18.0. The Morgan fingerprint density at radius 3 is 2.00 bits per heavy atom. The summed E-state index contributed by atoms with van der Waals surface area (Å²) < 4.78 is 43.3. The van der Waals surface area contributed by atoms with Crippen molar-refractivity contribution in [3.05, 3.63) is 35.4 Å². The fourth-order valence-electron chi connectivity index (χ4n) is 3.08. The molecule has 0 heterocycles. The van der Waals surface area contributed by atoms with Gasteiger partial charge in [-0.05, 0) is 24.1 Å². The van der Waals surface area contributed by atoms with E-state index in [2.05, 4.69) is 6.92 Å². The third kappa shape index (κ3) is 5.50. The number of halogens is 2. The number of rotatable bonds is 12. The number of hydrogen-bond donors (Lipinski definition) is 0. The zero-order valence-electron chi connectivity index (χ0n) is 15.2. The van der Waals surface area contributed by atoms with E-state index in [-0.39, 0.29) is 5.92 Å². The van der Waals surface area contributed by atoms with Gasteiger partial charge in [0.2, 0.25) is 0 Å². The van der Waals surface area contributed by atoms with Gasteiger partial charge in [0.25, 0.3) is 5.97 Å². The molecule has 138 valence electrons. The summed E-state index contributed by atoms with van der Waals surface area (Å²) >= 11 is 0. The van der Waals surface area contributed by atoms with Gasteiger partial charge in [0.05, 0.1) is 5.92 Å². The number of methoxy groups -OCH3 is 3. The molecule has 0 fully saturated rings. The summed E-state index contributed by atoms with van der Waals surface area (Å²) in [5, 5.41) is 0. The Bertz CT molecular complexity index is 467. The molecular weight excluding hydrogens is 314 g/mol. The number of benzene rings is 1. The van der Waals surface area contributed by atoms with E-state index in [1.54, 1.807) is 6.07 Å². The smallest absolute Gasteiger partial charge is 0.289 e. The molecule has 24 heavy (non-hydrogen) atoms. The van der Waals surface area contributed by atoms with Crippen molar-refractivity contribution in [1.29, 1.82) is 0 Å². The van der Waals surface area contributed by atoms with Crippen molar-refractivity contribution in [2.24, 2.45) is 0 Å². The lowest BCUT2D eigenvalue weighted by molar-refractivity contribution is -0.365. The van der Waals surface area contributed by atoms with Crippen LogP contribution in [0.5, 0.6) is 0 Å². The van der Waals surface area contributed by atoms with Crippen LogP contribution in [0.2, 0.25) is 0 Å². The highest BCUT2D eigenvalue weighted by atomic mass is 19.2. The molecule has 0 bridgehead atoms. The molecule has 0 radical (unpaired) electrons. The Morgan fingerprint density at radius 2 is 1.46 bits per heavy atom. The first-order valence-corrected chi connectivity index (χ1v) is 8.65. The Kier molecular flexibility index (Phi) is 9.41. The summed E-state index contributed by atoms with van der Waals surface area (Å²) in [5.74, 6) is -3.40. The minimum atomic E-state index is -1.31.